The molecule has 0 unspecified atom stereocenters. The number of carboxylic acid groups (broad SMARTS) is 1. The molecule has 2 saturated heterocycles. The highest BCUT2D eigenvalue weighted by Crippen LogP contribution is 2.37. The third kappa shape index (κ3) is 5.45. The van der Waals surface area contributed by atoms with E-state index in [1.54, 1.807) is 27.7 Å². The maximum Gasteiger partial charge on any atom is 0.372 e. The number of nitrogens with one attached hydrogen (secondary N) is 1. The van der Waals surface area contributed by atoms with Crippen LogP contribution in [0.3, 0.4) is 0 Å². The summed E-state index contributed by atoms with van der Waals surface area (Å²) in [6, 6.07) is -1.08. The molecule has 0 bridgehead atoms. The van der Waals surface area contributed by atoms with Gasteiger partial charge in [0.25, 0.3) is 0 Å². The van der Waals surface area contributed by atoms with Crippen molar-refractivity contribution >= 4 is 17.7 Å². The van der Waals surface area contributed by atoms with Crippen molar-refractivity contribution in [2.75, 3.05) is 6.61 Å². The number of Topliss-reactive ketones (excluding diaryl/α,β-unsaturated/α-hetero) is 1. The first-order valence-electron chi connectivity index (χ1n) is 8.70. The van der Waals surface area contributed by atoms with Crippen LogP contribution < -0.4 is 5.32 Å². The van der Waals surface area contributed by atoms with Gasteiger partial charge in [-0.25, -0.2) is 4.79 Å². The van der Waals surface area contributed by atoms with Crippen LogP contribution in [0.15, 0.2) is 0 Å². The number of carbonyl (C=O) groups excluding carboxylic acids is 2. The molecule has 27 heavy (non-hydrogen) atoms. The Labute approximate surface area is 157 Å². The van der Waals surface area contributed by atoms with Crippen LogP contribution in [0.25, 0.3) is 0 Å². The summed E-state index contributed by atoms with van der Waals surface area (Å²) < 4.78 is 23.2. The lowest BCUT2D eigenvalue weighted by molar-refractivity contribution is -0.175. The van der Waals surface area contributed by atoms with Gasteiger partial charge in [-0.15, -0.1) is 0 Å². The zero-order chi connectivity index (χ0) is 20.6. The number of hydrogen-bond acceptors (Lipinski definition) is 8. The molecule has 3 N–H and O–H groups in total. The average molecular weight is 389 g/mol. The smallest absolute Gasteiger partial charge is 0.372 e. The molecule has 0 radical (unpaired) electrons. The van der Waals surface area contributed by atoms with E-state index in [0.29, 0.717) is 0 Å². The number of ether oxygens (including phenoxy) is 4. The van der Waals surface area contributed by atoms with E-state index in [0.717, 1.165) is 0 Å². The molecular formula is C17H27NO9. The van der Waals surface area contributed by atoms with Crippen LogP contribution in [0.5, 0.6) is 0 Å². The minimum absolute atomic E-state index is 0.213. The van der Waals surface area contributed by atoms with E-state index in [4.69, 9.17) is 24.1 Å². The van der Waals surface area contributed by atoms with E-state index in [-0.39, 0.29) is 6.61 Å². The van der Waals surface area contributed by atoms with Gasteiger partial charge in [0.1, 0.15) is 18.3 Å². The van der Waals surface area contributed by atoms with E-state index in [1.165, 1.54) is 6.92 Å². The standard InChI is InChI=1S/C17H27NO9/c1-8(19)18-12(9(20)6-10(21)15(22)23)14-13(26-17(4,5)27-14)11-7-24-16(2,3)25-11/h9,11-14,20H,6-7H2,1-5H3,(H,18,19)(H,22,23)/t9-,11-,12-,13+,14+/m0/s1. The van der Waals surface area contributed by atoms with Crippen molar-refractivity contribution in [3.8, 4) is 0 Å². The van der Waals surface area contributed by atoms with Crippen LogP contribution >= 0.6 is 0 Å². The summed E-state index contributed by atoms with van der Waals surface area (Å²) in [5, 5.41) is 21.8. The summed E-state index contributed by atoms with van der Waals surface area (Å²) in [5.41, 5.74) is 0. The highest BCUT2D eigenvalue weighted by molar-refractivity contribution is 6.32. The Balaban J connectivity index is 2.26. The van der Waals surface area contributed by atoms with E-state index in [2.05, 4.69) is 5.32 Å². The number of ketones is 1. The van der Waals surface area contributed by atoms with Gasteiger partial charge in [-0.2, -0.15) is 0 Å². The van der Waals surface area contributed by atoms with Gasteiger partial charge < -0.3 is 34.5 Å². The molecule has 1 amide bonds. The fourth-order valence-corrected chi connectivity index (χ4v) is 3.30. The molecule has 2 aliphatic rings. The number of amides is 1. The molecule has 2 heterocycles. The Kier molecular flexibility index (Phi) is 6.27. The van der Waals surface area contributed by atoms with Crippen LogP contribution in [0.1, 0.15) is 41.0 Å². The monoisotopic (exact) mass is 389 g/mol. The lowest BCUT2D eigenvalue weighted by Crippen LogP contribution is -2.56. The van der Waals surface area contributed by atoms with Gasteiger partial charge in [0.2, 0.25) is 11.7 Å². The van der Waals surface area contributed by atoms with Crippen LogP contribution in [-0.2, 0) is 33.3 Å². The summed E-state index contributed by atoms with van der Waals surface area (Å²) >= 11 is 0. The highest BCUT2D eigenvalue weighted by atomic mass is 16.8. The van der Waals surface area contributed by atoms with Crippen molar-refractivity contribution in [1.82, 2.24) is 5.32 Å². The summed E-state index contributed by atoms with van der Waals surface area (Å²) in [6.45, 7) is 8.28. The van der Waals surface area contributed by atoms with Crippen molar-refractivity contribution in [1.29, 1.82) is 0 Å². The largest absolute Gasteiger partial charge is 0.475 e. The number of carbonyl (C=O) groups is 3. The van der Waals surface area contributed by atoms with Crippen LogP contribution in [0, 0.1) is 0 Å². The second-order valence-electron chi connectivity index (χ2n) is 7.66. The first-order chi connectivity index (χ1) is 12.3. The van der Waals surface area contributed by atoms with Crippen molar-refractivity contribution in [2.45, 2.75) is 83.1 Å². The molecule has 0 spiro atoms. The SMILES string of the molecule is CC(=O)N[C@H]([C@H]1OC(C)(C)O[C@@H]1[C@@H]1COC(C)(C)O1)[C@@H](O)CC(=O)C(=O)O. The van der Waals surface area contributed by atoms with E-state index in [1.807, 2.05) is 0 Å². The first-order valence-corrected chi connectivity index (χ1v) is 8.70. The molecule has 154 valence electrons. The molecule has 0 aliphatic carbocycles. The van der Waals surface area contributed by atoms with Crippen LogP contribution in [-0.4, -0.2) is 76.5 Å². The Morgan fingerprint density at radius 1 is 1.11 bits per heavy atom. The van der Waals surface area contributed by atoms with E-state index < -0.39 is 66.1 Å². The highest BCUT2D eigenvalue weighted by Gasteiger charge is 2.53. The number of carboxylic acids is 1. The fraction of sp³-hybridized carbons (Fsp3) is 0.824. The van der Waals surface area contributed by atoms with Gasteiger partial charge >= 0.3 is 5.97 Å². The molecule has 5 atom stereocenters. The molecule has 0 saturated carbocycles. The number of aliphatic hydroxyl groups is 1. The van der Waals surface area contributed by atoms with Crippen molar-refractivity contribution in [2.24, 2.45) is 0 Å². The van der Waals surface area contributed by atoms with Crippen molar-refractivity contribution < 1.29 is 43.5 Å². The molecule has 0 aromatic heterocycles. The summed E-state index contributed by atoms with van der Waals surface area (Å²) in [5.74, 6) is -5.18. The fourth-order valence-electron chi connectivity index (χ4n) is 3.30. The molecule has 10 nitrogen and oxygen atoms in total. The third-order valence-corrected chi connectivity index (χ3v) is 4.33. The quantitative estimate of drug-likeness (QED) is 0.495. The van der Waals surface area contributed by atoms with Crippen LogP contribution in [0.4, 0.5) is 0 Å². The second kappa shape index (κ2) is 7.80. The van der Waals surface area contributed by atoms with E-state index in [9.17, 15) is 19.5 Å². The summed E-state index contributed by atoms with van der Waals surface area (Å²) in [7, 11) is 0. The van der Waals surface area contributed by atoms with Gasteiger partial charge in [0, 0.05) is 13.3 Å². The van der Waals surface area contributed by atoms with Gasteiger partial charge in [0.15, 0.2) is 11.6 Å². The number of aliphatic hydroxyl groups excluding tert-OH is 1. The van der Waals surface area contributed by atoms with E-state index >= 15 is 0 Å². The number of rotatable bonds is 7. The van der Waals surface area contributed by atoms with Gasteiger partial charge in [-0.05, 0) is 27.7 Å². The molecule has 2 aliphatic heterocycles. The van der Waals surface area contributed by atoms with Crippen LogP contribution in [0.2, 0.25) is 0 Å². The Morgan fingerprint density at radius 3 is 2.22 bits per heavy atom. The maximum absolute atomic E-state index is 11.7. The van der Waals surface area contributed by atoms with Crippen molar-refractivity contribution in [3.05, 3.63) is 0 Å². The summed E-state index contributed by atoms with van der Waals surface area (Å²) in [6.07, 6.45) is -4.31. The molecule has 2 rings (SSSR count). The Bertz CT molecular complexity index is 603. The Morgan fingerprint density at radius 2 is 1.74 bits per heavy atom. The third-order valence-electron chi connectivity index (χ3n) is 4.33. The molecule has 2 fully saturated rings. The first kappa shape index (κ1) is 21.7. The summed E-state index contributed by atoms with van der Waals surface area (Å²) in [4.78, 5) is 34.0. The Hall–Kier alpha value is -1.59. The van der Waals surface area contributed by atoms with Gasteiger partial charge in [-0.1, -0.05) is 0 Å². The van der Waals surface area contributed by atoms with Gasteiger partial charge in [-0.3, -0.25) is 9.59 Å². The minimum Gasteiger partial charge on any atom is -0.475 e. The van der Waals surface area contributed by atoms with Crippen molar-refractivity contribution in [3.63, 3.8) is 0 Å². The lowest BCUT2D eigenvalue weighted by atomic mass is 9.94. The molecular weight excluding hydrogens is 362 g/mol. The molecule has 10 heteroatoms. The van der Waals surface area contributed by atoms with Gasteiger partial charge in [0.05, 0.1) is 18.8 Å². The number of hydrogen-bond donors (Lipinski definition) is 3. The average Bonchev–Trinajstić information content (AvgIpc) is 3.03. The maximum atomic E-state index is 11.7. The minimum atomic E-state index is -1.66. The predicted molar refractivity (Wildman–Crippen MR) is 89.6 cm³/mol. The normalized spacial score (nSPS) is 31.3. The zero-order valence-corrected chi connectivity index (χ0v) is 16.1. The predicted octanol–water partition coefficient (Wildman–Crippen LogP) is -0.433. The second-order valence-corrected chi connectivity index (χ2v) is 7.66. The molecule has 0 aromatic carbocycles. The topological polar surface area (TPSA) is 141 Å². The number of aliphatic carboxylic acids is 1. The lowest BCUT2D eigenvalue weighted by Gasteiger charge is -2.32. The molecule has 0 aromatic rings. The zero-order valence-electron chi connectivity index (χ0n) is 16.1.